The Labute approximate surface area is 193 Å². The first kappa shape index (κ1) is 24.5. The molecule has 8 nitrogen and oxygen atoms in total. The van der Waals surface area contributed by atoms with Crippen LogP contribution in [0.1, 0.15) is 38.7 Å². The molecular formula is C25H31NO7. The Morgan fingerprint density at radius 3 is 2.42 bits per heavy atom. The largest absolute Gasteiger partial charge is 0.497 e. The van der Waals surface area contributed by atoms with Gasteiger partial charge in [0.05, 0.1) is 26.4 Å². The molecule has 1 aliphatic heterocycles. The third-order valence-electron chi connectivity index (χ3n) is 6.08. The topological polar surface area (TPSA) is 100 Å². The second-order valence-electron chi connectivity index (χ2n) is 8.14. The number of rotatable bonds is 8. The molecule has 1 aromatic rings. The Balaban J connectivity index is 2.06. The van der Waals surface area contributed by atoms with Gasteiger partial charge in [0.2, 0.25) is 0 Å². The quantitative estimate of drug-likeness (QED) is 0.361. The molecule has 0 saturated heterocycles. The lowest BCUT2D eigenvalue weighted by Crippen LogP contribution is -2.43. The van der Waals surface area contributed by atoms with Gasteiger partial charge in [0.1, 0.15) is 18.3 Å². The molecule has 0 amide bonds. The summed E-state index contributed by atoms with van der Waals surface area (Å²) in [5, 5.41) is 3.24. The number of methoxy groups -OCH3 is 2. The first-order valence-corrected chi connectivity index (χ1v) is 11.1. The molecule has 1 heterocycles. The summed E-state index contributed by atoms with van der Waals surface area (Å²) in [6.07, 6.45) is 0.484. The zero-order valence-corrected chi connectivity index (χ0v) is 19.7. The van der Waals surface area contributed by atoms with Crippen LogP contribution in [0.2, 0.25) is 0 Å². The van der Waals surface area contributed by atoms with Crippen molar-refractivity contribution in [1.82, 2.24) is 5.32 Å². The summed E-state index contributed by atoms with van der Waals surface area (Å²) >= 11 is 0. The molecule has 1 aliphatic carbocycles. The van der Waals surface area contributed by atoms with E-state index < -0.39 is 23.8 Å². The van der Waals surface area contributed by atoms with Crippen molar-refractivity contribution >= 4 is 17.7 Å². The van der Waals surface area contributed by atoms with Gasteiger partial charge in [-0.25, -0.2) is 4.79 Å². The summed E-state index contributed by atoms with van der Waals surface area (Å²) in [4.78, 5) is 39.3. The van der Waals surface area contributed by atoms with Gasteiger partial charge < -0.3 is 24.3 Å². The van der Waals surface area contributed by atoms with Gasteiger partial charge in [-0.3, -0.25) is 9.59 Å². The first-order chi connectivity index (χ1) is 15.8. The SMILES string of the molecule is CCOCCOC(=O)C1=C(C)NC2=C(C(=O)[C@H](C(=O)OC)[C@H](C)C2)[C@@H]1c1ccc(OC)cc1. The van der Waals surface area contributed by atoms with Gasteiger partial charge in [0.15, 0.2) is 5.78 Å². The summed E-state index contributed by atoms with van der Waals surface area (Å²) in [7, 11) is 2.84. The molecule has 0 bridgehead atoms. The monoisotopic (exact) mass is 457 g/mol. The molecule has 0 aromatic heterocycles. The van der Waals surface area contributed by atoms with Crippen LogP contribution in [0, 0.1) is 11.8 Å². The van der Waals surface area contributed by atoms with E-state index in [0.29, 0.717) is 35.6 Å². The predicted molar refractivity (Wildman–Crippen MR) is 120 cm³/mol. The highest BCUT2D eigenvalue weighted by Gasteiger charge is 2.47. The molecular weight excluding hydrogens is 426 g/mol. The number of ketones is 1. The van der Waals surface area contributed by atoms with E-state index in [1.165, 1.54) is 7.11 Å². The minimum atomic E-state index is -0.926. The lowest BCUT2D eigenvalue weighted by Gasteiger charge is -2.38. The molecule has 178 valence electrons. The van der Waals surface area contributed by atoms with Crippen LogP contribution in [-0.4, -0.2) is 51.8 Å². The van der Waals surface area contributed by atoms with Crippen LogP contribution in [-0.2, 0) is 28.6 Å². The number of hydrogen-bond donors (Lipinski definition) is 1. The standard InChI is InChI=1S/C25H31NO7/c1-6-32-11-12-33-25(29)20-15(3)26-18-13-14(2)19(24(28)31-5)23(27)22(18)21(20)16-7-9-17(30-4)10-8-16/h7-10,14,19,21,26H,6,11-13H2,1-5H3/t14-,19-,21-/m1/s1. The Morgan fingerprint density at radius 2 is 1.82 bits per heavy atom. The van der Waals surface area contributed by atoms with Crippen molar-refractivity contribution in [3.05, 3.63) is 52.4 Å². The average molecular weight is 458 g/mol. The van der Waals surface area contributed by atoms with E-state index in [1.54, 1.807) is 26.2 Å². The van der Waals surface area contributed by atoms with Gasteiger partial charge in [-0.05, 0) is 43.9 Å². The van der Waals surface area contributed by atoms with E-state index in [2.05, 4.69) is 5.32 Å². The second-order valence-corrected chi connectivity index (χ2v) is 8.14. The molecule has 0 spiro atoms. The van der Waals surface area contributed by atoms with E-state index in [0.717, 1.165) is 11.3 Å². The summed E-state index contributed by atoms with van der Waals surface area (Å²) in [5.41, 5.74) is 2.80. The lowest BCUT2D eigenvalue weighted by molar-refractivity contribution is -0.151. The van der Waals surface area contributed by atoms with Crippen LogP contribution in [0.15, 0.2) is 46.8 Å². The fourth-order valence-corrected chi connectivity index (χ4v) is 4.50. The number of allylic oxidation sites excluding steroid dienone is 3. The molecule has 1 aromatic carbocycles. The van der Waals surface area contributed by atoms with Crippen molar-refractivity contribution in [2.75, 3.05) is 34.0 Å². The van der Waals surface area contributed by atoms with E-state index >= 15 is 0 Å². The van der Waals surface area contributed by atoms with E-state index in [1.807, 2.05) is 26.0 Å². The van der Waals surface area contributed by atoms with Gasteiger partial charge in [-0.2, -0.15) is 0 Å². The minimum Gasteiger partial charge on any atom is -0.497 e. The number of dihydropyridines is 1. The maximum absolute atomic E-state index is 13.6. The zero-order chi connectivity index (χ0) is 24.1. The van der Waals surface area contributed by atoms with Crippen molar-refractivity contribution in [2.24, 2.45) is 11.8 Å². The number of nitrogens with one attached hydrogen (secondary N) is 1. The lowest BCUT2D eigenvalue weighted by atomic mass is 9.69. The number of esters is 2. The molecule has 3 rings (SSSR count). The molecule has 0 saturated carbocycles. The second kappa shape index (κ2) is 10.7. The van der Waals surface area contributed by atoms with Crippen LogP contribution >= 0.6 is 0 Å². The zero-order valence-electron chi connectivity index (χ0n) is 19.7. The van der Waals surface area contributed by atoms with Crippen molar-refractivity contribution in [1.29, 1.82) is 0 Å². The maximum Gasteiger partial charge on any atom is 0.336 e. The number of benzene rings is 1. The van der Waals surface area contributed by atoms with Crippen LogP contribution in [0.25, 0.3) is 0 Å². The normalized spacial score (nSPS) is 22.5. The predicted octanol–water partition coefficient (Wildman–Crippen LogP) is 2.89. The maximum atomic E-state index is 13.6. The number of hydrogen-bond acceptors (Lipinski definition) is 8. The molecule has 0 radical (unpaired) electrons. The van der Waals surface area contributed by atoms with Gasteiger partial charge >= 0.3 is 11.9 Å². The first-order valence-electron chi connectivity index (χ1n) is 11.1. The highest BCUT2D eigenvalue weighted by atomic mass is 16.6. The van der Waals surface area contributed by atoms with Crippen molar-refractivity contribution in [3.63, 3.8) is 0 Å². The number of carbonyl (C=O) groups is 3. The average Bonchev–Trinajstić information content (AvgIpc) is 2.80. The molecule has 33 heavy (non-hydrogen) atoms. The summed E-state index contributed by atoms with van der Waals surface area (Å²) in [5.74, 6) is -2.63. The molecule has 1 N–H and O–H groups in total. The van der Waals surface area contributed by atoms with Crippen LogP contribution in [0.4, 0.5) is 0 Å². The molecule has 8 heteroatoms. The van der Waals surface area contributed by atoms with Crippen LogP contribution in [0.5, 0.6) is 5.75 Å². The van der Waals surface area contributed by atoms with Gasteiger partial charge in [-0.15, -0.1) is 0 Å². The molecule has 3 atom stereocenters. The summed E-state index contributed by atoms with van der Waals surface area (Å²) in [6.45, 7) is 6.41. The minimum absolute atomic E-state index is 0.0977. The Bertz CT molecular complexity index is 977. The van der Waals surface area contributed by atoms with Crippen molar-refractivity contribution < 1.29 is 33.3 Å². The Kier molecular flexibility index (Phi) is 7.92. The Morgan fingerprint density at radius 1 is 1.12 bits per heavy atom. The van der Waals surface area contributed by atoms with E-state index in [-0.39, 0.29) is 24.9 Å². The fourth-order valence-electron chi connectivity index (χ4n) is 4.50. The third-order valence-corrected chi connectivity index (χ3v) is 6.08. The fraction of sp³-hybridized carbons (Fsp3) is 0.480. The highest BCUT2D eigenvalue weighted by Crippen LogP contribution is 2.45. The number of Topliss-reactive ketones (excluding diaryl/α,β-unsaturated/α-hetero) is 1. The van der Waals surface area contributed by atoms with E-state index in [4.69, 9.17) is 18.9 Å². The Hall–Kier alpha value is -3.13. The highest BCUT2D eigenvalue weighted by molar-refractivity contribution is 6.12. The van der Waals surface area contributed by atoms with E-state index in [9.17, 15) is 14.4 Å². The van der Waals surface area contributed by atoms with Crippen molar-refractivity contribution in [2.45, 2.75) is 33.1 Å². The van der Waals surface area contributed by atoms with Gasteiger partial charge in [0.25, 0.3) is 0 Å². The number of ether oxygens (including phenoxy) is 4. The van der Waals surface area contributed by atoms with Gasteiger partial charge in [0, 0.05) is 29.5 Å². The van der Waals surface area contributed by atoms with Crippen LogP contribution < -0.4 is 10.1 Å². The molecule has 0 fully saturated rings. The van der Waals surface area contributed by atoms with Crippen LogP contribution in [0.3, 0.4) is 0 Å². The summed E-state index contributed by atoms with van der Waals surface area (Å²) in [6, 6.07) is 7.19. The number of carbonyl (C=O) groups excluding carboxylic acids is 3. The molecule has 2 aliphatic rings. The smallest absolute Gasteiger partial charge is 0.336 e. The van der Waals surface area contributed by atoms with Crippen molar-refractivity contribution in [3.8, 4) is 5.75 Å². The molecule has 0 unspecified atom stereocenters. The van der Waals surface area contributed by atoms with Gasteiger partial charge in [-0.1, -0.05) is 19.1 Å². The summed E-state index contributed by atoms with van der Waals surface area (Å²) < 4.78 is 20.9. The third kappa shape index (κ3) is 4.95.